The molecule has 0 radical (unpaired) electrons. The molecule has 132 valence electrons. The molecule has 1 aromatic rings. The fourth-order valence-corrected chi connectivity index (χ4v) is 3.66. The van der Waals surface area contributed by atoms with Gasteiger partial charge in [-0.15, -0.1) is 0 Å². The Labute approximate surface area is 145 Å². The molecule has 2 aliphatic heterocycles. The van der Waals surface area contributed by atoms with E-state index in [1.54, 1.807) is 0 Å². The zero-order valence-corrected chi connectivity index (χ0v) is 15.2. The lowest BCUT2D eigenvalue weighted by Crippen LogP contribution is -2.56. The van der Waals surface area contributed by atoms with Crippen molar-refractivity contribution in [3.05, 3.63) is 35.4 Å². The first-order valence-corrected chi connectivity index (χ1v) is 9.06. The van der Waals surface area contributed by atoms with Gasteiger partial charge in [-0.25, -0.2) is 0 Å². The molecule has 0 aliphatic carbocycles. The minimum atomic E-state index is -0.161. The monoisotopic (exact) mass is 330 g/mol. The Balaban J connectivity index is 1.86. The van der Waals surface area contributed by atoms with Crippen molar-refractivity contribution in [1.29, 1.82) is 0 Å². The molecule has 5 heteroatoms. The SMILES string of the molecule is Cc1ccc(C(C(=O)N2CCN(C)CC2)N2CCNCC2C)cc1. The molecule has 1 aromatic carbocycles. The van der Waals surface area contributed by atoms with Gasteiger partial charge in [-0.1, -0.05) is 29.8 Å². The van der Waals surface area contributed by atoms with Gasteiger partial charge in [0.15, 0.2) is 0 Å². The highest BCUT2D eigenvalue weighted by atomic mass is 16.2. The molecule has 2 atom stereocenters. The Morgan fingerprint density at radius 2 is 1.79 bits per heavy atom. The minimum Gasteiger partial charge on any atom is -0.338 e. The van der Waals surface area contributed by atoms with E-state index in [2.05, 4.69) is 65.2 Å². The number of nitrogens with zero attached hydrogens (tertiary/aromatic N) is 3. The number of benzene rings is 1. The number of carbonyl (C=O) groups excluding carboxylic acids is 1. The number of likely N-dealkylation sites (N-methyl/N-ethyl adjacent to an activating group) is 1. The van der Waals surface area contributed by atoms with Crippen LogP contribution < -0.4 is 5.32 Å². The summed E-state index contributed by atoms with van der Waals surface area (Å²) in [6, 6.07) is 8.69. The lowest BCUT2D eigenvalue weighted by molar-refractivity contribution is -0.140. The number of hydrogen-bond donors (Lipinski definition) is 1. The maximum Gasteiger partial charge on any atom is 0.244 e. The van der Waals surface area contributed by atoms with Crippen molar-refractivity contribution in [3.8, 4) is 0 Å². The van der Waals surface area contributed by atoms with Gasteiger partial charge in [0.2, 0.25) is 5.91 Å². The van der Waals surface area contributed by atoms with Crippen molar-refractivity contribution >= 4 is 5.91 Å². The molecule has 2 unspecified atom stereocenters. The number of nitrogens with one attached hydrogen (secondary N) is 1. The van der Waals surface area contributed by atoms with Gasteiger partial charge in [0.05, 0.1) is 0 Å². The van der Waals surface area contributed by atoms with Crippen LogP contribution in [0.5, 0.6) is 0 Å². The molecule has 0 spiro atoms. The van der Waals surface area contributed by atoms with Gasteiger partial charge in [0, 0.05) is 51.9 Å². The minimum absolute atomic E-state index is 0.161. The third-order valence-electron chi connectivity index (χ3n) is 5.33. The van der Waals surface area contributed by atoms with E-state index >= 15 is 0 Å². The second-order valence-corrected chi connectivity index (χ2v) is 7.23. The average Bonchev–Trinajstić information content (AvgIpc) is 2.59. The molecule has 2 aliphatic rings. The largest absolute Gasteiger partial charge is 0.338 e. The summed E-state index contributed by atoms with van der Waals surface area (Å²) in [4.78, 5) is 20.1. The average molecular weight is 330 g/mol. The molecule has 24 heavy (non-hydrogen) atoms. The molecule has 0 aromatic heterocycles. The van der Waals surface area contributed by atoms with Gasteiger partial charge in [0.25, 0.3) is 0 Å². The number of carbonyl (C=O) groups is 1. The van der Waals surface area contributed by atoms with Crippen LogP contribution in [0.15, 0.2) is 24.3 Å². The molecular formula is C19H30N4O. The number of piperazine rings is 2. The summed E-state index contributed by atoms with van der Waals surface area (Å²) in [6.45, 7) is 10.7. The highest BCUT2D eigenvalue weighted by Gasteiger charge is 2.35. The molecule has 3 rings (SSSR count). The van der Waals surface area contributed by atoms with Gasteiger partial charge in [-0.2, -0.15) is 0 Å². The number of rotatable bonds is 3. The van der Waals surface area contributed by atoms with Crippen LogP contribution in [0.3, 0.4) is 0 Å². The normalized spacial score (nSPS) is 24.8. The second-order valence-electron chi connectivity index (χ2n) is 7.23. The van der Waals surface area contributed by atoms with E-state index in [1.807, 2.05) is 0 Å². The summed E-state index contributed by atoms with van der Waals surface area (Å²) >= 11 is 0. The van der Waals surface area contributed by atoms with Gasteiger partial charge in [-0.3, -0.25) is 9.69 Å². The highest BCUT2D eigenvalue weighted by Crippen LogP contribution is 2.27. The Bertz CT molecular complexity index is 551. The van der Waals surface area contributed by atoms with Crippen molar-refractivity contribution in [1.82, 2.24) is 20.0 Å². The van der Waals surface area contributed by atoms with E-state index in [0.29, 0.717) is 6.04 Å². The fraction of sp³-hybridized carbons (Fsp3) is 0.632. The predicted octanol–water partition coefficient (Wildman–Crippen LogP) is 1.10. The summed E-state index contributed by atoms with van der Waals surface area (Å²) in [5.74, 6) is 0.265. The van der Waals surface area contributed by atoms with Gasteiger partial charge in [-0.05, 0) is 26.5 Å². The van der Waals surface area contributed by atoms with E-state index < -0.39 is 0 Å². The first-order valence-electron chi connectivity index (χ1n) is 9.06. The molecule has 2 heterocycles. The third-order valence-corrected chi connectivity index (χ3v) is 5.33. The predicted molar refractivity (Wildman–Crippen MR) is 97.0 cm³/mol. The van der Waals surface area contributed by atoms with E-state index in [0.717, 1.165) is 51.4 Å². The smallest absolute Gasteiger partial charge is 0.244 e. The number of hydrogen-bond acceptors (Lipinski definition) is 4. The van der Waals surface area contributed by atoms with Crippen molar-refractivity contribution in [3.63, 3.8) is 0 Å². The molecule has 1 amide bonds. The van der Waals surface area contributed by atoms with E-state index in [-0.39, 0.29) is 11.9 Å². The molecule has 5 nitrogen and oxygen atoms in total. The summed E-state index contributed by atoms with van der Waals surface area (Å²) in [6.07, 6.45) is 0. The summed E-state index contributed by atoms with van der Waals surface area (Å²) in [5, 5.41) is 3.43. The standard InChI is InChI=1S/C19H30N4O/c1-15-4-6-17(7-5-15)18(23-9-8-20-14-16(23)2)19(24)22-12-10-21(3)11-13-22/h4-7,16,18,20H,8-14H2,1-3H3. The van der Waals surface area contributed by atoms with Gasteiger partial charge < -0.3 is 15.1 Å². The van der Waals surface area contributed by atoms with Crippen molar-refractivity contribution in [2.45, 2.75) is 25.9 Å². The lowest BCUT2D eigenvalue weighted by Gasteiger charge is -2.42. The van der Waals surface area contributed by atoms with Crippen LogP contribution in [0, 0.1) is 6.92 Å². The lowest BCUT2D eigenvalue weighted by atomic mass is 9.99. The molecule has 0 bridgehead atoms. The van der Waals surface area contributed by atoms with Crippen LogP contribution in [0.2, 0.25) is 0 Å². The Hall–Kier alpha value is -1.43. The van der Waals surface area contributed by atoms with Crippen LogP contribution in [-0.4, -0.2) is 79.5 Å². The maximum atomic E-state index is 13.4. The van der Waals surface area contributed by atoms with E-state index in [9.17, 15) is 4.79 Å². The zero-order valence-electron chi connectivity index (χ0n) is 15.2. The van der Waals surface area contributed by atoms with Crippen LogP contribution in [0.1, 0.15) is 24.1 Å². The van der Waals surface area contributed by atoms with Crippen molar-refractivity contribution in [2.24, 2.45) is 0 Å². The molecule has 2 fully saturated rings. The zero-order chi connectivity index (χ0) is 17.1. The Morgan fingerprint density at radius 1 is 1.12 bits per heavy atom. The van der Waals surface area contributed by atoms with E-state index in [1.165, 1.54) is 5.56 Å². The number of aryl methyl sites for hydroxylation is 1. The van der Waals surface area contributed by atoms with Crippen LogP contribution in [0.4, 0.5) is 0 Å². The Kier molecular flexibility index (Phi) is 5.54. The molecule has 0 saturated carbocycles. The number of amides is 1. The molecular weight excluding hydrogens is 300 g/mol. The topological polar surface area (TPSA) is 38.8 Å². The summed E-state index contributed by atoms with van der Waals surface area (Å²) in [7, 11) is 2.12. The van der Waals surface area contributed by atoms with Gasteiger partial charge >= 0.3 is 0 Å². The fourth-order valence-electron chi connectivity index (χ4n) is 3.66. The summed E-state index contributed by atoms with van der Waals surface area (Å²) in [5.41, 5.74) is 2.36. The molecule has 2 saturated heterocycles. The van der Waals surface area contributed by atoms with Crippen LogP contribution in [-0.2, 0) is 4.79 Å². The first-order chi connectivity index (χ1) is 11.6. The van der Waals surface area contributed by atoms with Crippen LogP contribution in [0.25, 0.3) is 0 Å². The third kappa shape index (κ3) is 3.79. The van der Waals surface area contributed by atoms with Crippen molar-refractivity contribution in [2.75, 3.05) is 52.9 Å². The Morgan fingerprint density at radius 3 is 2.42 bits per heavy atom. The van der Waals surface area contributed by atoms with Crippen LogP contribution >= 0.6 is 0 Å². The second kappa shape index (κ2) is 7.64. The summed E-state index contributed by atoms with van der Waals surface area (Å²) < 4.78 is 0. The van der Waals surface area contributed by atoms with Gasteiger partial charge in [0.1, 0.15) is 6.04 Å². The maximum absolute atomic E-state index is 13.4. The molecule has 1 N–H and O–H groups in total. The highest BCUT2D eigenvalue weighted by molar-refractivity contribution is 5.83. The van der Waals surface area contributed by atoms with Crippen molar-refractivity contribution < 1.29 is 4.79 Å². The van der Waals surface area contributed by atoms with E-state index in [4.69, 9.17) is 0 Å². The first kappa shape index (κ1) is 17.4. The quantitative estimate of drug-likeness (QED) is 0.901.